The van der Waals surface area contributed by atoms with Crippen LogP contribution in [0.3, 0.4) is 0 Å². The highest BCUT2D eigenvalue weighted by Crippen LogP contribution is 2.27. The number of thiazole rings is 1. The lowest BCUT2D eigenvalue weighted by atomic mass is 10.2. The van der Waals surface area contributed by atoms with Crippen LogP contribution in [0.2, 0.25) is 0 Å². The fraction of sp³-hybridized carbons (Fsp3) is 0.105. The minimum absolute atomic E-state index is 0.161. The van der Waals surface area contributed by atoms with Crippen molar-refractivity contribution < 1.29 is 9.53 Å². The summed E-state index contributed by atoms with van der Waals surface area (Å²) in [7, 11) is 1.63. The summed E-state index contributed by atoms with van der Waals surface area (Å²) in [5, 5.41) is 5.54. The number of carbonyl (C=O) groups excluding carboxylic acids is 1. The predicted octanol–water partition coefficient (Wildman–Crippen LogP) is 3.88. The van der Waals surface area contributed by atoms with Gasteiger partial charge in [-0.1, -0.05) is 24.3 Å². The second-order valence-electron chi connectivity index (χ2n) is 5.70. The molecule has 0 saturated carbocycles. The van der Waals surface area contributed by atoms with Crippen LogP contribution in [0.25, 0.3) is 21.6 Å². The Morgan fingerprint density at radius 1 is 1.19 bits per heavy atom. The Bertz CT molecular complexity index is 1040. The zero-order valence-electron chi connectivity index (χ0n) is 14.0. The van der Waals surface area contributed by atoms with E-state index in [-0.39, 0.29) is 12.3 Å². The average molecular weight is 364 g/mol. The monoisotopic (exact) mass is 364 g/mol. The molecule has 0 atom stereocenters. The second kappa shape index (κ2) is 6.97. The van der Waals surface area contributed by atoms with Gasteiger partial charge in [0.05, 0.1) is 30.3 Å². The number of aromatic nitrogens is 3. The first-order valence-electron chi connectivity index (χ1n) is 8.05. The summed E-state index contributed by atoms with van der Waals surface area (Å²) in [5.41, 5.74) is 3.40. The van der Waals surface area contributed by atoms with Crippen LogP contribution in [0, 0.1) is 0 Å². The Labute approximate surface area is 153 Å². The van der Waals surface area contributed by atoms with E-state index in [1.54, 1.807) is 7.11 Å². The lowest BCUT2D eigenvalue weighted by molar-refractivity contribution is -0.115. The molecule has 26 heavy (non-hydrogen) atoms. The van der Waals surface area contributed by atoms with Gasteiger partial charge in [-0.2, -0.15) is 0 Å². The van der Waals surface area contributed by atoms with Gasteiger partial charge in [-0.05, 0) is 24.3 Å². The third-order valence-corrected chi connectivity index (χ3v) is 4.80. The van der Waals surface area contributed by atoms with Gasteiger partial charge in [-0.15, -0.1) is 11.3 Å². The zero-order chi connectivity index (χ0) is 17.9. The van der Waals surface area contributed by atoms with E-state index in [1.165, 1.54) is 11.3 Å². The number of H-pyrrole nitrogens is 1. The molecule has 0 fully saturated rings. The maximum absolute atomic E-state index is 12.3. The van der Waals surface area contributed by atoms with Crippen LogP contribution >= 0.6 is 11.3 Å². The van der Waals surface area contributed by atoms with Crippen LogP contribution < -0.4 is 10.1 Å². The number of fused-ring (bicyclic) bond motifs is 1. The molecule has 6 nitrogen and oxygen atoms in total. The molecule has 0 spiro atoms. The number of rotatable bonds is 5. The van der Waals surface area contributed by atoms with Crippen molar-refractivity contribution in [2.75, 3.05) is 12.4 Å². The van der Waals surface area contributed by atoms with Crippen molar-refractivity contribution >= 4 is 34.2 Å². The number of para-hydroxylation sites is 2. The zero-order valence-corrected chi connectivity index (χ0v) is 14.8. The molecule has 4 aromatic rings. The topological polar surface area (TPSA) is 79.9 Å². The third kappa shape index (κ3) is 3.43. The molecule has 0 unspecified atom stereocenters. The molecule has 0 bridgehead atoms. The number of hydrogen-bond acceptors (Lipinski definition) is 5. The molecule has 2 aromatic carbocycles. The summed E-state index contributed by atoms with van der Waals surface area (Å²) in [5.74, 6) is 1.06. The van der Waals surface area contributed by atoms with Gasteiger partial charge in [0.25, 0.3) is 0 Å². The maximum atomic E-state index is 12.3. The van der Waals surface area contributed by atoms with E-state index < -0.39 is 0 Å². The van der Waals surface area contributed by atoms with Crippen LogP contribution in [0.1, 0.15) is 5.69 Å². The van der Waals surface area contributed by atoms with E-state index >= 15 is 0 Å². The fourth-order valence-electron chi connectivity index (χ4n) is 2.63. The quantitative estimate of drug-likeness (QED) is 0.563. The first kappa shape index (κ1) is 16.3. The number of hydrogen-bond donors (Lipinski definition) is 2. The van der Waals surface area contributed by atoms with Gasteiger partial charge < -0.3 is 9.72 Å². The Hall–Kier alpha value is -3.19. The van der Waals surface area contributed by atoms with Crippen LogP contribution in [0.15, 0.2) is 53.9 Å². The number of nitrogens with zero attached hydrogens (tertiary/aromatic N) is 2. The first-order valence-corrected chi connectivity index (χ1v) is 8.92. The average Bonchev–Trinajstić information content (AvgIpc) is 3.28. The van der Waals surface area contributed by atoms with Crippen molar-refractivity contribution in [1.82, 2.24) is 15.0 Å². The molecule has 2 aromatic heterocycles. The number of methoxy groups -OCH3 is 1. The molecule has 0 radical (unpaired) electrons. The highest BCUT2D eigenvalue weighted by molar-refractivity contribution is 7.13. The minimum Gasteiger partial charge on any atom is -0.497 e. The molecule has 2 heterocycles. The highest BCUT2D eigenvalue weighted by atomic mass is 32.1. The number of anilines is 1. The molecule has 2 N–H and O–H groups in total. The van der Waals surface area contributed by atoms with E-state index in [1.807, 2.05) is 53.9 Å². The summed E-state index contributed by atoms with van der Waals surface area (Å²) in [4.78, 5) is 24.3. The lowest BCUT2D eigenvalue weighted by Gasteiger charge is -2.01. The van der Waals surface area contributed by atoms with Crippen molar-refractivity contribution in [3.05, 3.63) is 59.6 Å². The number of ether oxygens (including phenoxy) is 1. The van der Waals surface area contributed by atoms with Crippen molar-refractivity contribution in [3.63, 3.8) is 0 Å². The maximum Gasteiger partial charge on any atom is 0.232 e. The van der Waals surface area contributed by atoms with E-state index in [2.05, 4.69) is 20.3 Å². The van der Waals surface area contributed by atoms with Gasteiger partial charge in [0.15, 0.2) is 0 Å². The highest BCUT2D eigenvalue weighted by Gasteiger charge is 2.11. The number of nitrogens with one attached hydrogen (secondary N) is 2. The van der Waals surface area contributed by atoms with Crippen LogP contribution in [0.4, 0.5) is 5.95 Å². The number of carbonyl (C=O) groups is 1. The SMILES string of the molecule is COc1cccc(-c2nc(CC(=O)Nc3nc4ccccc4[nH]3)cs2)c1. The Morgan fingerprint density at radius 3 is 2.92 bits per heavy atom. The molecule has 0 saturated heterocycles. The van der Waals surface area contributed by atoms with Gasteiger partial charge in [0, 0.05) is 10.9 Å². The normalized spacial score (nSPS) is 10.8. The summed E-state index contributed by atoms with van der Waals surface area (Å²) in [6.07, 6.45) is 0.192. The molecule has 4 rings (SSSR count). The summed E-state index contributed by atoms with van der Waals surface area (Å²) >= 11 is 1.50. The first-order chi connectivity index (χ1) is 12.7. The fourth-order valence-corrected chi connectivity index (χ4v) is 3.45. The van der Waals surface area contributed by atoms with Gasteiger partial charge in [-0.3, -0.25) is 10.1 Å². The van der Waals surface area contributed by atoms with Crippen molar-refractivity contribution in [3.8, 4) is 16.3 Å². The van der Waals surface area contributed by atoms with Crippen LogP contribution in [-0.4, -0.2) is 28.0 Å². The van der Waals surface area contributed by atoms with E-state index in [9.17, 15) is 4.79 Å². The predicted molar refractivity (Wildman–Crippen MR) is 103 cm³/mol. The minimum atomic E-state index is -0.161. The van der Waals surface area contributed by atoms with Crippen molar-refractivity contribution in [2.45, 2.75) is 6.42 Å². The molecule has 1 amide bonds. The Balaban J connectivity index is 1.45. The van der Waals surface area contributed by atoms with E-state index in [0.29, 0.717) is 5.95 Å². The lowest BCUT2D eigenvalue weighted by Crippen LogP contribution is -2.15. The third-order valence-electron chi connectivity index (χ3n) is 3.86. The molecule has 0 aliphatic rings. The van der Waals surface area contributed by atoms with Crippen molar-refractivity contribution in [1.29, 1.82) is 0 Å². The number of aromatic amines is 1. The van der Waals surface area contributed by atoms with Crippen LogP contribution in [0.5, 0.6) is 5.75 Å². The molecule has 0 aliphatic heterocycles. The summed E-state index contributed by atoms with van der Waals surface area (Å²) in [6, 6.07) is 15.3. The molecule has 130 valence electrons. The van der Waals surface area contributed by atoms with Gasteiger partial charge in [0.1, 0.15) is 10.8 Å². The summed E-state index contributed by atoms with van der Waals surface area (Å²) < 4.78 is 5.24. The summed E-state index contributed by atoms with van der Waals surface area (Å²) in [6.45, 7) is 0. The van der Waals surface area contributed by atoms with E-state index in [0.717, 1.165) is 33.0 Å². The number of imidazole rings is 1. The second-order valence-corrected chi connectivity index (χ2v) is 6.56. The van der Waals surface area contributed by atoms with Crippen molar-refractivity contribution in [2.24, 2.45) is 0 Å². The molecule has 0 aliphatic carbocycles. The van der Waals surface area contributed by atoms with Crippen LogP contribution in [-0.2, 0) is 11.2 Å². The van der Waals surface area contributed by atoms with Gasteiger partial charge in [0.2, 0.25) is 11.9 Å². The molecule has 7 heteroatoms. The number of amides is 1. The largest absolute Gasteiger partial charge is 0.497 e. The van der Waals surface area contributed by atoms with E-state index in [4.69, 9.17) is 4.74 Å². The molecular formula is C19H16N4O2S. The number of benzene rings is 2. The Kier molecular flexibility index (Phi) is 4.37. The standard InChI is InChI=1S/C19H16N4O2S/c1-25-14-6-4-5-12(9-14)18-20-13(11-26-18)10-17(24)23-19-21-15-7-2-3-8-16(15)22-19/h2-9,11H,10H2,1H3,(H2,21,22,23,24). The Morgan fingerprint density at radius 2 is 2.08 bits per heavy atom. The molecular weight excluding hydrogens is 348 g/mol. The van der Waals surface area contributed by atoms with Gasteiger partial charge in [-0.25, -0.2) is 9.97 Å². The van der Waals surface area contributed by atoms with Gasteiger partial charge >= 0.3 is 0 Å². The smallest absolute Gasteiger partial charge is 0.232 e.